The van der Waals surface area contributed by atoms with Gasteiger partial charge in [0.1, 0.15) is 11.7 Å². The lowest BCUT2D eigenvalue weighted by Crippen LogP contribution is -2.56. The summed E-state index contributed by atoms with van der Waals surface area (Å²) in [7, 11) is 6.33. The highest BCUT2D eigenvalue weighted by molar-refractivity contribution is 5.96. The molecule has 1 aromatic carbocycles. The van der Waals surface area contributed by atoms with Crippen LogP contribution in [-0.2, 0) is 6.54 Å². The van der Waals surface area contributed by atoms with E-state index in [1.165, 1.54) is 31.4 Å². The Morgan fingerprint density at radius 1 is 1.33 bits per heavy atom. The lowest BCUT2D eigenvalue weighted by molar-refractivity contribution is 0.0259. The van der Waals surface area contributed by atoms with Crippen molar-refractivity contribution < 1.29 is 4.39 Å². The largest absolute Gasteiger partial charge is 0.384 e. The lowest BCUT2D eigenvalue weighted by Gasteiger charge is -2.49. The van der Waals surface area contributed by atoms with Gasteiger partial charge in [0, 0.05) is 24.2 Å². The highest BCUT2D eigenvalue weighted by Crippen LogP contribution is 2.36. The highest BCUT2D eigenvalue weighted by Gasteiger charge is 2.39. The number of nitrogen functional groups attached to an aromatic ring is 1. The summed E-state index contributed by atoms with van der Waals surface area (Å²) < 4.78 is 13.3. The van der Waals surface area contributed by atoms with Gasteiger partial charge in [-0.15, -0.1) is 0 Å². The third-order valence-electron chi connectivity index (χ3n) is 4.60. The second kappa shape index (κ2) is 6.12. The zero-order valence-electron chi connectivity index (χ0n) is 13.1. The quantitative estimate of drug-likeness (QED) is 0.623. The molecule has 21 heavy (non-hydrogen) atoms. The van der Waals surface area contributed by atoms with Gasteiger partial charge in [-0.2, -0.15) is 0 Å². The molecule has 0 unspecified atom stereocenters. The Labute approximate surface area is 126 Å². The molecule has 1 saturated carbocycles. The average molecular weight is 292 g/mol. The summed E-state index contributed by atoms with van der Waals surface area (Å²) >= 11 is 0. The molecule has 0 bridgehead atoms. The summed E-state index contributed by atoms with van der Waals surface area (Å²) in [6, 6.07) is 4.50. The van der Waals surface area contributed by atoms with Gasteiger partial charge in [0.15, 0.2) is 0 Å². The van der Waals surface area contributed by atoms with Crippen LogP contribution < -0.4 is 5.73 Å². The minimum Gasteiger partial charge on any atom is -0.384 e. The second-order valence-electron chi connectivity index (χ2n) is 6.36. The van der Waals surface area contributed by atoms with Gasteiger partial charge in [-0.05, 0) is 58.1 Å². The number of nitrogens with one attached hydrogen (secondary N) is 1. The van der Waals surface area contributed by atoms with Crippen molar-refractivity contribution in [3.8, 4) is 0 Å². The number of amidine groups is 1. The molecule has 1 aliphatic rings. The van der Waals surface area contributed by atoms with E-state index in [1.54, 1.807) is 6.07 Å². The van der Waals surface area contributed by atoms with Gasteiger partial charge in [0.2, 0.25) is 0 Å². The van der Waals surface area contributed by atoms with Crippen LogP contribution in [0.2, 0.25) is 0 Å². The van der Waals surface area contributed by atoms with E-state index in [0.29, 0.717) is 12.1 Å². The van der Waals surface area contributed by atoms with E-state index >= 15 is 0 Å². The zero-order chi connectivity index (χ0) is 15.6. The first-order valence-corrected chi connectivity index (χ1v) is 7.33. The SMILES string of the molecule is CN(Cc1ccc(F)cc1C(=N)N)CC1(N(C)C)CCC1. The van der Waals surface area contributed by atoms with Crippen LogP contribution in [0.25, 0.3) is 0 Å². The molecule has 116 valence electrons. The number of likely N-dealkylation sites (N-methyl/N-ethyl adjacent to an activating group) is 2. The number of hydrogen-bond acceptors (Lipinski definition) is 3. The highest BCUT2D eigenvalue weighted by atomic mass is 19.1. The maximum atomic E-state index is 13.3. The molecule has 2 rings (SSSR count). The van der Waals surface area contributed by atoms with Crippen molar-refractivity contribution in [3.05, 3.63) is 35.1 Å². The molecule has 1 aromatic rings. The monoisotopic (exact) mass is 292 g/mol. The Hall–Kier alpha value is -1.46. The van der Waals surface area contributed by atoms with Crippen molar-refractivity contribution in [2.45, 2.75) is 31.3 Å². The fraction of sp³-hybridized carbons (Fsp3) is 0.562. The van der Waals surface area contributed by atoms with Crippen molar-refractivity contribution in [2.24, 2.45) is 5.73 Å². The van der Waals surface area contributed by atoms with E-state index in [2.05, 4.69) is 30.9 Å². The van der Waals surface area contributed by atoms with E-state index < -0.39 is 0 Å². The number of nitrogens with zero attached hydrogens (tertiary/aromatic N) is 2. The minimum atomic E-state index is -0.352. The van der Waals surface area contributed by atoms with Crippen molar-refractivity contribution in [1.82, 2.24) is 9.80 Å². The number of benzene rings is 1. The van der Waals surface area contributed by atoms with Crippen molar-refractivity contribution in [3.63, 3.8) is 0 Å². The average Bonchev–Trinajstić information content (AvgIpc) is 2.35. The molecule has 0 aliphatic heterocycles. The molecule has 0 amide bonds. The summed E-state index contributed by atoms with van der Waals surface area (Å²) in [5, 5.41) is 7.60. The summed E-state index contributed by atoms with van der Waals surface area (Å²) in [5.41, 5.74) is 7.21. The number of hydrogen-bond donors (Lipinski definition) is 2. The van der Waals surface area contributed by atoms with E-state index in [0.717, 1.165) is 12.1 Å². The predicted molar refractivity (Wildman–Crippen MR) is 84.0 cm³/mol. The number of halogens is 1. The Balaban J connectivity index is 2.09. The molecule has 0 radical (unpaired) electrons. The van der Waals surface area contributed by atoms with Gasteiger partial charge in [0.05, 0.1) is 0 Å². The molecule has 0 heterocycles. The Kier molecular flexibility index (Phi) is 4.64. The summed E-state index contributed by atoms with van der Waals surface area (Å²) in [4.78, 5) is 4.54. The van der Waals surface area contributed by atoms with Crippen LogP contribution in [0.15, 0.2) is 18.2 Å². The van der Waals surface area contributed by atoms with Crippen LogP contribution in [0.4, 0.5) is 4.39 Å². The molecule has 1 aliphatic carbocycles. The normalized spacial score (nSPS) is 17.0. The van der Waals surface area contributed by atoms with Crippen molar-refractivity contribution >= 4 is 5.84 Å². The topological polar surface area (TPSA) is 56.4 Å². The van der Waals surface area contributed by atoms with Gasteiger partial charge < -0.3 is 15.5 Å². The maximum absolute atomic E-state index is 13.3. The summed E-state index contributed by atoms with van der Waals surface area (Å²) in [6.45, 7) is 1.64. The standard InChI is InChI=1S/C16H25FN4/c1-20(2)16(7-4-8-16)11-21(3)10-12-5-6-13(17)9-14(12)15(18)19/h5-6,9H,4,7-8,10-11H2,1-3H3,(H3,18,19). The third-order valence-corrected chi connectivity index (χ3v) is 4.60. The van der Waals surface area contributed by atoms with Gasteiger partial charge in [-0.25, -0.2) is 4.39 Å². The molecular weight excluding hydrogens is 267 g/mol. The van der Waals surface area contributed by atoms with Crippen LogP contribution in [0.1, 0.15) is 30.4 Å². The van der Waals surface area contributed by atoms with Crippen LogP contribution in [0, 0.1) is 11.2 Å². The first kappa shape index (κ1) is 15.9. The minimum absolute atomic E-state index is 0.0798. The van der Waals surface area contributed by atoms with Gasteiger partial charge in [-0.1, -0.05) is 6.07 Å². The molecule has 4 nitrogen and oxygen atoms in total. The second-order valence-corrected chi connectivity index (χ2v) is 6.36. The van der Waals surface area contributed by atoms with Gasteiger partial charge in [-0.3, -0.25) is 5.41 Å². The molecule has 1 fully saturated rings. The summed E-state index contributed by atoms with van der Waals surface area (Å²) in [5.74, 6) is -0.431. The van der Waals surface area contributed by atoms with E-state index in [1.807, 2.05) is 0 Å². The van der Waals surface area contributed by atoms with Crippen LogP contribution in [0.3, 0.4) is 0 Å². The fourth-order valence-corrected chi connectivity index (χ4v) is 3.12. The number of rotatable bonds is 6. The zero-order valence-corrected chi connectivity index (χ0v) is 13.1. The Bertz CT molecular complexity index is 523. The van der Waals surface area contributed by atoms with E-state index in [4.69, 9.17) is 11.1 Å². The van der Waals surface area contributed by atoms with E-state index in [-0.39, 0.29) is 17.2 Å². The van der Waals surface area contributed by atoms with Crippen molar-refractivity contribution in [1.29, 1.82) is 5.41 Å². The van der Waals surface area contributed by atoms with Crippen molar-refractivity contribution in [2.75, 3.05) is 27.7 Å². The van der Waals surface area contributed by atoms with E-state index in [9.17, 15) is 4.39 Å². The lowest BCUT2D eigenvalue weighted by atomic mass is 9.75. The molecule has 0 atom stereocenters. The predicted octanol–water partition coefficient (Wildman–Crippen LogP) is 2.03. The molecule has 3 N–H and O–H groups in total. The summed E-state index contributed by atoms with van der Waals surface area (Å²) in [6.07, 6.45) is 3.71. The fourth-order valence-electron chi connectivity index (χ4n) is 3.12. The van der Waals surface area contributed by atoms with Crippen LogP contribution >= 0.6 is 0 Å². The van der Waals surface area contributed by atoms with Gasteiger partial charge >= 0.3 is 0 Å². The van der Waals surface area contributed by atoms with Crippen LogP contribution in [-0.4, -0.2) is 48.9 Å². The molecule has 0 saturated heterocycles. The number of nitrogens with two attached hydrogens (primary N) is 1. The first-order chi connectivity index (χ1) is 9.84. The van der Waals surface area contributed by atoms with Crippen LogP contribution in [0.5, 0.6) is 0 Å². The first-order valence-electron chi connectivity index (χ1n) is 7.33. The smallest absolute Gasteiger partial charge is 0.123 e. The molecule has 0 spiro atoms. The third kappa shape index (κ3) is 3.41. The molecule has 0 aromatic heterocycles. The Morgan fingerprint density at radius 3 is 2.48 bits per heavy atom. The van der Waals surface area contributed by atoms with Gasteiger partial charge in [0.25, 0.3) is 0 Å². The maximum Gasteiger partial charge on any atom is 0.123 e. The molecule has 5 heteroatoms. The Morgan fingerprint density at radius 2 is 2.00 bits per heavy atom. The molecular formula is C16H25FN4.